The van der Waals surface area contributed by atoms with Gasteiger partial charge in [0.15, 0.2) is 11.6 Å². The Kier molecular flexibility index (Phi) is 3.24. The van der Waals surface area contributed by atoms with Gasteiger partial charge < -0.3 is 5.32 Å². The van der Waals surface area contributed by atoms with E-state index < -0.39 is 38.8 Å². The molecule has 0 spiro atoms. The fraction of sp³-hybridized carbons (Fsp3) is 0.333. The van der Waals surface area contributed by atoms with Crippen molar-refractivity contribution in [2.45, 2.75) is 12.5 Å². The van der Waals surface area contributed by atoms with E-state index in [2.05, 4.69) is 11.9 Å². The molecule has 1 aromatic rings. The maximum Gasteiger partial charge on any atom is 0.238 e. The molecular weight excluding hydrogens is 293 g/mol. The average Bonchev–Trinajstić information content (AvgIpc) is 2.30. The highest BCUT2D eigenvalue weighted by Crippen LogP contribution is 2.32. The van der Waals surface area contributed by atoms with Gasteiger partial charge in [0.2, 0.25) is 10.0 Å². The molecule has 0 aromatic heterocycles. The highest BCUT2D eigenvalue weighted by atomic mass is 32.2. The third-order valence-electron chi connectivity index (χ3n) is 3.29. The Balaban J connectivity index is 2.57. The van der Waals surface area contributed by atoms with Crippen LogP contribution in [-0.2, 0) is 15.6 Å². The Morgan fingerprint density at radius 2 is 1.80 bits per heavy atom. The summed E-state index contributed by atoms with van der Waals surface area (Å²) in [4.78, 5) is 0. The highest BCUT2D eigenvalue weighted by Gasteiger charge is 2.42. The summed E-state index contributed by atoms with van der Waals surface area (Å²) in [5.74, 6) is -4.07. The first-order valence-corrected chi connectivity index (χ1v) is 7.26. The summed E-state index contributed by atoms with van der Waals surface area (Å²) in [6.45, 7) is 4.91. The van der Waals surface area contributed by atoms with Crippen LogP contribution in [0.2, 0.25) is 0 Å². The number of rotatable bonds is 1. The van der Waals surface area contributed by atoms with Crippen LogP contribution < -0.4 is 5.32 Å². The first-order valence-electron chi connectivity index (χ1n) is 5.65. The molecule has 1 N–H and O–H groups in total. The summed E-state index contributed by atoms with van der Waals surface area (Å²) in [6.07, 6.45) is 0. The number of hydrogen-bond acceptors (Lipinski definition) is 3. The first kappa shape index (κ1) is 14.7. The second-order valence-corrected chi connectivity index (χ2v) is 6.87. The predicted octanol–water partition coefficient (Wildman–Crippen LogP) is 1.66. The van der Waals surface area contributed by atoms with Crippen LogP contribution in [0.5, 0.6) is 0 Å². The summed E-state index contributed by atoms with van der Waals surface area (Å²) in [5, 5.41) is 2.73. The van der Waals surface area contributed by atoms with Crippen molar-refractivity contribution in [3.05, 3.63) is 47.5 Å². The standard InChI is InChI=1S/C12H13F3N2O2S/c1-7-16-12(2,6-20(18,19)17(7)3)8-4-10(14)11(15)5-9(8)13/h4-5,16H,1,6H2,2-3H3/t12-/m0/s1. The van der Waals surface area contributed by atoms with Crippen LogP contribution in [0.4, 0.5) is 13.2 Å². The molecule has 4 nitrogen and oxygen atoms in total. The monoisotopic (exact) mass is 306 g/mol. The average molecular weight is 306 g/mol. The largest absolute Gasteiger partial charge is 0.361 e. The lowest BCUT2D eigenvalue weighted by Gasteiger charge is -2.41. The van der Waals surface area contributed by atoms with Gasteiger partial charge in [-0.3, -0.25) is 4.31 Å². The van der Waals surface area contributed by atoms with Gasteiger partial charge in [-0.15, -0.1) is 0 Å². The van der Waals surface area contributed by atoms with Crippen LogP contribution in [0.3, 0.4) is 0 Å². The van der Waals surface area contributed by atoms with Gasteiger partial charge in [0.1, 0.15) is 11.6 Å². The molecular formula is C12H13F3N2O2S. The van der Waals surface area contributed by atoms with Gasteiger partial charge in [0.25, 0.3) is 0 Å². The van der Waals surface area contributed by atoms with E-state index in [9.17, 15) is 21.6 Å². The lowest BCUT2D eigenvalue weighted by Crippen LogP contribution is -2.56. The van der Waals surface area contributed by atoms with E-state index in [0.29, 0.717) is 12.1 Å². The van der Waals surface area contributed by atoms with Crippen molar-refractivity contribution in [3.8, 4) is 0 Å². The number of sulfonamides is 1. The van der Waals surface area contributed by atoms with Crippen molar-refractivity contribution in [1.82, 2.24) is 9.62 Å². The molecule has 20 heavy (non-hydrogen) atoms. The third-order valence-corrected chi connectivity index (χ3v) is 5.29. The van der Waals surface area contributed by atoms with Crippen LogP contribution in [0.15, 0.2) is 24.5 Å². The fourth-order valence-electron chi connectivity index (χ4n) is 2.15. The van der Waals surface area contributed by atoms with Crippen molar-refractivity contribution in [1.29, 1.82) is 0 Å². The summed E-state index contributed by atoms with van der Waals surface area (Å²) in [6, 6.07) is 1.05. The smallest absolute Gasteiger partial charge is 0.238 e. The number of halogens is 3. The molecule has 2 rings (SSSR count). The zero-order chi connectivity index (χ0) is 15.3. The molecule has 0 aliphatic carbocycles. The van der Waals surface area contributed by atoms with Crippen molar-refractivity contribution in [2.75, 3.05) is 12.8 Å². The molecule has 0 unspecified atom stereocenters. The Labute approximate surface area is 114 Å². The maximum atomic E-state index is 13.9. The molecule has 0 amide bonds. The SMILES string of the molecule is C=C1N[C@](C)(c2cc(F)c(F)cc2F)CS(=O)(=O)N1C. The Bertz CT molecular complexity index is 690. The van der Waals surface area contributed by atoms with Crippen molar-refractivity contribution in [2.24, 2.45) is 0 Å². The molecule has 0 bridgehead atoms. The second kappa shape index (κ2) is 4.41. The molecule has 1 aromatic carbocycles. The second-order valence-electron chi connectivity index (χ2n) is 4.87. The van der Waals surface area contributed by atoms with E-state index in [1.807, 2.05) is 0 Å². The normalized spacial score (nSPS) is 25.4. The minimum atomic E-state index is -3.72. The van der Waals surface area contributed by atoms with Gasteiger partial charge in [0.05, 0.1) is 11.3 Å². The molecule has 0 radical (unpaired) electrons. The topological polar surface area (TPSA) is 49.4 Å². The number of hydrogen-bond donors (Lipinski definition) is 1. The zero-order valence-corrected chi connectivity index (χ0v) is 11.7. The number of benzene rings is 1. The van der Waals surface area contributed by atoms with E-state index in [0.717, 1.165) is 4.31 Å². The summed E-state index contributed by atoms with van der Waals surface area (Å²) >= 11 is 0. The third kappa shape index (κ3) is 2.24. The molecule has 1 atom stereocenters. The summed E-state index contributed by atoms with van der Waals surface area (Å²) in [7, 11) is -2.42. The molecule has 1 saturated heterocycles. The molecule has 8 heteroatoms. The molecule has 1 heterocycles. The van der Waals surface area contributed by atoms with Gasteiger partial charge in [-0.1, -0.05) is 6.58 Å². The molecule has 1 aliphatic heterocycles. The molecule has 1 fully saturated rings. The number of nitrogens with zero attached hydrogens (tertiary/aromatic N) is 1. The summed E-state index contributed by atoms with van der Waals surface area (Å²) < 4.78 is 65.0. The van der Waals surface area contributed by atoms with Crippen molar-refractivity contribution in [3.63, 3.8) is 0 Å². The Morgan fingerprint density at radius 1 is 1.25 bits per heavy atom. The van der Waals surface area contributed by atoms with Gasteiger partial charge in [-0.05, 0) is 13.0 Å². The van der Waals surface area contributed by atoms with Crippen LogP contribution in [0.1, 0.15) is 12.5 Å². The fourth-order valence-corrected chi connectivity index (χ4v) is 3.69. The number of nitrogens with one attached hydrogen (secondary N) is 1. The molecule has 1 aliphatic rings. The Hall–Kier alpha value is -1.70. The van der Waals surface area contributed by atoms with Gasteiger partial charge in [0, 0.05) is 18.7 Å². The van der Waals surface area contributed by atoms with Gasteiger partial charge >= 0.3 is 0 Å². The quantitative estimate of drug-likeness (QED) is 0.803. The van der Waals surface area contributed by atoms with Crippen LogP contribution in [0, 0.1) is 17.5 Å². The zero-order valence-electron chi connectivity index (χ0n) is 10.9. The first-order chi connectivity index (χ1) is 9.07. The highest BCUT2D eigenvalue weighted by molar-refractivity contribution is 7.89. The molecule has 0 saturated carbocycles. The lowest BCUT2D eigenvalue weighted by atomic mass is 9.93. The minimum absolute atomic E-state index is 0.0304. The Morgan fingerprint density at radius 3 is 2.35 bits per heavy atom. The lowest BCUT2D eigenvalue weighted by molar-refractivity contribution is 0.343. The van der Waals surface area contributed by atoms with E-state index in [4.69, 9.17) is 0 Å². The van der Waals surface area contributed by atoms with Crippen LogP contribution in [0.25, 0.3) is 0 Å². The van der Waals surface area contributed by atoms with Gasteiger partial charge in [-0.2, -0.15) is 0 Å². The summed E-state index contributed by atoms with van der Waals surface area (Å²) in [5.41, 5.74) is -1.70. The molecule has 110 valence electrons. The van der Waals surface area contributed by atoms with Crippen LogP contribution >= 0.6 is 0 Å². The van der Waals surface area contributed by atoms with E-state index in [1.165, 1.54) is 14.0 Å². The minimum Gasteiger partial charge on any atom is -0.361 e. The van der Waals surface area contributed by atoms with Crippen molar-refractivity contribution >= 4 is 10.0 Å². The van der Waals surface area contributed by atoms with Crippen LogP contribution in [-0.4, -0.2) is 25.5 Å². The van der Waals surface area contributed by atoms with E-state index in [-0.39, 0.29) is 11.4 Å². The van der Waals surface area contributed by atoms with Crippen molar-refractivity contribution < 1.29 is 21.6 Å². The van der Waals surface area contributed by atoms with Gasteiger partial charge in [-0.25, -0.2) is 21.6 Å². The van der Waals surface area contributed by atoms with E-state index in [1.54, 1.807) is 0 Å². The van der Waals surface area contributed by atoms with E-state index >= 15 is 0 Å². The predicted molar refractivity (Wildman–Crippen MR) is 67.5 cm³/mol. The maximum absolute atomic E-state index is 13.9.